The Bertz CT molecular complexity index is 876. The largest absolute Gasteiger partial charge is 0.495 e. The summed E-state index contributed by atoms with van der Waals surface area (Å²) in [5, 5.41) is 2.67. The molecule has 0 aliphatic carbocycles. The van der Waals surface area contributed by atoms with Gasteiger partial charge in [-0.2, -0.15) is 0 Å². The van der Waals surface area contributed by atoms with Gasteiger partial charge in [0.1, 0.15) is 5.75 Å². The fourth-order valence-electron chi connectivity index (χ4n) is 3.09. The number of methoxy groups -OCH3 is 1. The predicted octanol–water partition coefficient (Wildman–Crippen LogP) is 4.96. The van der Waals surface area contributed by atoms with Crippen LogP contribution in [0.2, 0.25) is 0 Å². The van der Waals surface area contributed by atoms with E-state index in [1.54, 1.807) is 36.4 Å². The maximum Gasteiger partial charge on any atom is 0.307 e. The molecule has 0 bridgehead atoms. The lowest BCUT2D eigenvalue weighted by molar-refractivity contribution is -0.153. The summed E-state index contributed by atoms with van der Waals surface area (Å²) in [5.41, 5.74) is 2.28. The van der Waals surface area contributed by atoms with E-state index in [9.17, 15) is 14.4 Å². The van der Waals surface area contributed by atoms with E-state index in [0.717, 1.165) is 12.8 Å². The molecule has 0 aromatic heterocycles. The third kappa shape index (κ3) is 7.89. The minimum atomic E-state index is -0.991. The van der Waals surface area contributed by atoms with E-state index in [2.05, 4.69) is 12.2 Å². The first-order valence-corrected chi connectivity index (χ1v) is 10.7. The minimum Gasteiger partial charge on any atom is -0.495 e. The molecule has 2 rings (SSSR count). The molecule has 0 unspecified atom stereocenters. The van der Waals surface area contributed by atoms with Crippen LogP contribution in [-0.4, -0.2) is 30.9 Å². The molecule has 0 fully saturated rings. The Kier molecular flexibility index (Phi) is 9.75. The van der Waals surface area contributed by atoms with E-state index < -0.39 is 18.0 Å². The Labute approximate surface area is 183 Å². The normalized spacial score (nSPS) is 11.5. The van der Waals surface area contributed by atoms with Gasteiger partial charge in [-0.3, -0.25) is 14.4 Å². The van der Waals surface area contributed by atoms with Crippen molar-refractivity contribution in [1.82, 2.24) is 0 Å². The van der Waals surface area contributed by atoms with Crippen molar-refractivity contribution in [3.63, 3.8) is 0 Å². The van der Waals surface area contributed by atoms with Gasteiger partial charge in [0.05, 0.1) is 19.2 Å². The summed E-state index contributed by atoms with van der Waals surface area (Å²) in [5.74, 6) is -0.672. The fraction of sp³-hybridized carbons (Fsp3) is 0.400. The molecule has 31 heavy (non-hydrogen) atoms. The van der Waals surface area contributed by atoms with Crippen LogP contribution in [0.3, 0.4) is 0 Å². The van der Waals surface area contributed by atoms with Crippen LogP contribution in [0.4, 0.5) is 5.69 Å². The number of anilines is 1. The Balaban J connectivity index is 1.78. The van der Waals surface area contributed by atoms with Crippen molar-refractivity contribution in [2.24, 2.45) is 0 Å². The van der Waals surface area contributed by atoms with Crippen molar-refractivity contribution >= 4 is 23.3 Å². The zero-order chi connectivity index (χ0) is 22.6. The van der Waals surface area contributed by atoms with Gasteiger partial charge in [0.25, 0.3) is 5.91 Å². The van der Waals surface area contributed by atoms with Gasteiger partial charge in [-0.05, 0) is 37.5 Å². The van der Waals surface area contributed by atoms with Gasteiger partial charge in [0.2, 0.25) is 0 Å². The zero-order valence-electron chi connectivity index (χ0n) is 18.5. The van der Waals surface area contributed by atoms with Crippen LogP contribution < -0.4 is 10.1 Å². The molecule has 1 atom stereocenters. The highest BCUT2D eigenvalue weighted by Crippen LogP contribution is 2.23. The van der Waals surface area contributed by atoms with Gasteiger partial charge >= 0.3 is 5.97 Å². The number of ketones is 1. The number of amides is 1. The number of esters is 1. The van der Waals surface area contributed by atoms with E-state index in [0.29, 0.717) is 17.0 Å². The molecule has 0 saturated heterocycles. The smallest absolute Gasteiger partial charge is 0.307 e. The highest BCUT2D eigenvalue weighted by Gasteiger charge is 2.20. The van der Waals surface area contributed by atoms with Crippen molar-refractivity contribution in [1.29, 1.82) is 0 Å². The number of hydrogen-bond acceptors (Lipinski definition) is 5. The van der Waals surface area contributed by atoms with Crippen LogP contribution in [0, 0.1) is 0 Å². The van der Waals surface area contributed by atoms with Crippen molar-refractivity contribution < 1.29 is 23.9 Å². The predicted molar refractivity (Wildman–Crippen MR) is 120 cm³/mol. The number of unbranched alkanes of at least 4 members (excludes halogenated alkanes) is 2. The zero-order valence-corrected chi connectivity index (χ0v) is 18.5. The third-order valence-electron chi connectivity index (χ3n) is 4.94. The number of benzene rings is 2. The Morgan fingerprint density at radius 2 is 1.68 bits per heavy atom. The highest BCUT2D eigenvalue weighted by molar-refractivity contribution is 5.98. The lowest BCUT2D eigenvalue weighted by atomic mass is 10.0. The third-order valence-corrected chi connectivity index (χ3v) is 4.94. The lowest BCUT2D eigenvalue weighted by Crippen LogP contribution is -2.30. The van der Waals surface area contributed by atoms with Crippen LogP contribution in [0.5, 0.6) is 5.75 Å². The quantitative estimate of drug-likeness (QED) is 0.295. The number of nitrogens with one attached hydrogen (secondary N) is 1. The number of carbonyl (C=O) groups excluding carboxylic acids is 3. The highest BCUT2D eigenvalue weighted by atomic mass is 16.5. The van der Waals surface area contributed by atoms with E-state index in [4.69, 9.17) is 9.47 Å². The van der Waals surface area contributed by atoms with E-state index >= 15 is 0 Å². The Hall–Kier alpha value is -3.15. The fourth-order valence-corrected chi connectivity index (χ4v) is 3.09. The van der Waals surface area contributed by atoms with Crippen molar-refractivity contribution in [2.45, 2.75) is 58.5 Å². The molecule has 0 aliphatic heterocycles. The van der Waals surface area contributed by atoms with E-state index in [-0.39, 0.29) is 18.6 Å². The van der Waals surface area contributed by atoms with Crippen molar-refractivity contribution in [3.05, 3.63) is 59.7 Å². The molecule has 0 radical (unpaired) electrons. The van der Waals surface area contributed by atoms with Crippen LogP contribution >= 0.6 is 0 Å². The first-order chi connectivity index (χ1) is 14.9. The summed E-state index contributed by atoms with van der Waals surface area (Å²) in [6.07, 6.45) is 3.47. The summed E-state index contributed by atoms with van der Waals surface area (Å²) in [6, 6.07) is 14.5. The van der Waals surface area contributed by atoms with Crippen LogP contribution in [-0.2, 0) is 20.7 Å². The van der Waals surface area contributed by atoms with Gasteiger partial charge in [0.15, 0.2) is 11.9 Å². The molecule has 6 heteroatoms. The molecule has 6 nitrogen and oxygen atoms in total. The van der Waals surface area contributed by atoms with Gasteiger partial charge in [-0.15, -0.1) is 0 Å². The summed E-state index contributed by atoms with van der Waals surface area (Å²) in [4.78, 5) is 36.7. The van der Waals surface area contributed by atoms with Gasteiger partial charge in [0, 0.05) is 12.0 Å². The molecule has 0 aliphatic rings. The second kappa shape index (κ2) is 12.5. The average molecular weight is 426 g/mol. The minimum absolute atomic E-state index is 0.0366. The summed E-state index contributed by atoms with van der Waals surface area (Å²) >= 11 is 0. The first kappa shape index (κ1) is 24.1. The molecule has 2 aromatic rings. The second-order valence-corrected chi connectivity index (χ2v) is 7.40. The number of hydrogen-bond donors (Lipinski definition) is 1. The Morgan fingerprint density at radius 1 is 0.968 bits per heavy atom. The standard InChI is InChI=1S/C25H31NO5/c1-4-5-6-9-19-12-14-20(15-13-19)22(27)16-17-24(28)31-18(2)25(29)26-21-10-7-8-11-23(21)30-3/h7-8,10-15,18H,4-6,9,16-17H2,1-3H3,(H,26,29)/t18-/m0/s1. The molecule has 1 amide bonds. The Morgan fingerprint density at radius 3 is 2.35 bits per heavy atom. The molecule has 2 aromatic carbocycles. The topological polar surface area (TPSA) is 81.7 Å². The first-order valence-electron chi connectivity index (χ1n) is 10.7. The molecular formula is C25H31NO5. The molecule has 1 N–H and O–H groups in total. The molecule has 0 spiro atoms. The summed E-state index contributed by atoms with van der Waals surface area (Å²) in [6.45, 7) is 3.65. The number of rotatable bonds is 12. The maximum absolute atomic E-state index is 12.4. The molecular weight excluding hydrogens is 394 g/mol. The van der Waals surface area contributed by atoms with Crippen molar-refractivity contribution in [3.8, 4) is 5.75 Å². The van der Waals surface area contributed by atoms with E-state index in [1.165, 1.54) is 32.4 Å². The maximum atomic E-state index is 12.4. The summed E-state index contributed by atoms with van der Waals surface area (Å²) < 4.78 is 10.4. The monoisotopic (exact) mass is 425 g/mol. The number of aryl methyl sites for hydroxylation is 1. The lowest BCUT2D eigenvalue weighted by Gasteiger charge is -2.15. The number of ether oxygens (including phenoxy) is 2. The van der Waals surface area contributed by atoms with Crippen molar-refractivity contribution in [2.75, 3.05) is 12.4 Å². The van der Waals surface area contributed by atoms with Gasteiger partial charge < -0.3 is 14.8 Å². The average Bonchev–Trinajstić information content (AvgIpc) is 2.78. The molecule has 0 heterocycles. The van der Waals surface area contributed by atoms with Crippen LogP contribution in [0.15, 0.2) is 48.5 Å². The molecule has 0 saturated carbocycles. The van der Waals surface area contributed by atoms with Gasteiger partial charge in [-0.25, -0.2) is 0 Å². The van der Waals surface area contributed by atoms with Gasteiger partial charge in [-0.1, -0.05) is 56.2 Å². The van der Waals surface area contributed by atoms with Crippen LogP contribution in [0.1, 0.15) is 61.9 Å². The van der Waals surface area contributed by atoms with Crippen LogP contribution in [0.25, 0.3) is 0 Å². The SMILES string of the molecule is CCCCCc1ccc(C(=O)CCC(=O)O[C@@H](C)C(=O)Nc2ccccc2OC)cc1. The number of Topliss-reactive ketones (excluding diaryl/α,β-unsaturated/α-hetero) is 1. The molecule has 166 valence electrons. The summed E-state index contributed by atoms with van der Waals surface area (Å²) in [7, 11) is 1.51. The number of carbonyl (C=O) groups is 3. The number of para-hydroxylation sites is 2. The second-order valence-electron chi connectivity index (χ2n) is 7.40. The van der Waals surface area contributed by atoms with E-state index in [1.807, 2.05) is 12.1 Å².